The topological polar surface area (TPSA) is 29.1 Å². The maximum absolute atomic E-state index is 12.0. The van der Waals surface area contributed by atoms with Crippen molar-refractivity contribution in [3.8, 4) is 11.1 Å². The zero-order valence-corrected chi connectivity index (χ0v) is 11.9. The summed E-state index contributed by atoms with van der Waals surface area (Å²) in [6, 6.07) is 13.7. The minimum Gasteiger partial charge on any atom is -0.324 e. The first kappa shape index (κ1) is 12.6. The number of anilines is 1. The van der Waals surface area contributed by atoms with Gasteiger partial charge < -0.3 is 5.32 Å². The fraction of sp³-hybridized carbons (Fsp3) is 0.133. The molecule has 1 amide bonds. The van der Waals surface area contributed by atoms with Crippen LogP contribution in [-0.4, -0.2) is 12.2 Å². The summed E-state index contributed by atoms with van der Waals surface area (Å²) in [7, 11) is 0. The third-order valence-electron chi connectivity index (χ3n) is 3.24. The van der Waals surface area contributed by atoms with Gasteiger partial charge in [-0.05, 0) is 35.6 Å². The SMILES string of the molecule is CSC1C(=O)Nc2cccc(-c3cccc(Cl)c3)c21. The number of hydrogen-bond acceptors (Lipinski definition) is 2. The van der Waals surface area contributed by atoms with E-state index in [4.69, 9.17) is 11.6 Å². The van der Waals surface area contributed by atoms with E-state index < -0.39 is 0 Å². The summed E-state index contributed by atoms with van der Waals surface area (Å²) in [5.41, 5.74) is 4.07. The van der Waals surface area contributed by atoms with Crippen molar-refractivity contribution in [2.24, 2.45) is 0 Å². The predicted octanol–water partition coefficient (Wildman–Crippen LogP) is 4.36. The Kier molecular flexibility index (Phi) is 3.25. The molecule has 1 heterocycles. The molecule has 0 spiro atoms. The Morgan fingerprint density at radius 2 is 2.00 bits per heavy atom. The molecule has 4 heteroatoms. The summed E-state index contributed by atoms with van der Waals surface area (Å²) in [5, 5.41) is 3.48. The number of nitrogens with one attached hydrogen (secondary N) is 1. The summed E-state index contributed by atoms with van der Waals surface area (Å²) in [6.07, 6.45) is 1.95. The fourth-order valence-corrected chi connectivity index (χ4v) is 3.37. The Balaban J connectivity index is 2.20. The van der Waals surface area contributed by atoms with Crippen LogP contribution in [0.4, 0.5) is 5.69 Å². The van der Waals surface area contributed by atoms with Gasteiger partial charge in [0.1, 0.15) is 5.25 Å². The second-order valence-electron chi connectivity index (χ2n) is 4.38. The summed E-state index contributed by atoms with van der Waals surface area (Å²) < 4.78 is 0. The van der Waals surface area contributed by atoms with E-state index in [9.17, 15) is 4.79 Å². The molecule has 2 nitrogen and oxygen atoms in total. The van der Waals surface area contributed by atoms with Gasteiger partial charge in [-0.25, -0.2) is 0 Å². The van der Waals surface area contributed by atoms with E-state index in [-0.39, 0.29) is 11.2 Å². The monoisotopic (exact) mass is 289 g/mol. The van der Waals surface area contributed by atoms with Gasteiger partial charge in [0.05, 0.1) is 0 Å². The molecule has 1 aliphatic heterocycles. The summed E-state index contributed by atoms with van der Waals surface area (Å²) >= 11 is 7.61. The summed E-state index contributed by atoms with van der Waals surface area (Å²) in [6.45, 7) is 0. The van der Waals surface area contributed by atoms with Crippen LogP contribution >= 0.6 is 23.4 Å². The molecule has 1 N–H and O–H groups in total. The van der Waals surface area contributed by atoms with E-state index in [1.807, 2.05) is 48.7 Å². The number of thioether (sulfide) groups is 1. The zero-order chi connectivity index (χ0) is 13.4. The van der Waals surface area contributed by atoms with Crippen LogP contribution < -0.4 is 5.32 Å². The van der Waals surface area contributed by atoms with Gasteiger partial charge in [0.2, 0.25) is 5.91 Å². The van der Waals surface area contributed by atoms with Crippen LogP contribution in [0.5, 0.6) is 0 Å². The Morgan fingerprint density at radius 1 is 1.21 bits per heavy atom. The molecule has 19 heavy (non-hydrogen) atoms. The molecule has 0 saturated heterocycles. The lowest BCUT2D eigenvalue weighted by molar-refractivity contribution is -0.115. The van der Waals surface area contributed by atoms with Crippen LogP contribution in [-0.2, 0) is 4.79 Å². The Bertz CT molecular complexity index is 656. The Hall–Kier alpha value is -1.45. The number of hydrogen-bond donors (Lipinski definition) is 1. The van der Waals surface area contributed by atoms with E-state index in [0.29, 0.717) is 5.02 Å². The van der Waals surface area contributed by atoms with Crippen molar-refractivity contribution in [3.63, 3.8) is 0 Å². The second kappa shape index (κ2) is 4.91. The molecular weight excluding hydrogens is 278 g/mol. The lowest BCUT2D eigenvalue weighted by Crippen LogP contribution is -2.08. The average Bonchev–Trinajstić information content (AvgIpc) is 2.73. The molecule has 0 aliphatic carbocycles. The van der Waals surface area contributed by atoms with Crippen molar-refractivity contribution in [2.45, 2.75) is 5.25 Å². The molecule has 1 atom stereocenters. The molecule has 2 aromatic carbocycles. The van der Waals surface area contributed by atoms with Gasteiger partial charge in [-0.2, -0.15) is 0 Å². The highest BCUT2D eigenvalue weighted by Crippen LogP contribution is 2.44. The van der Waals surface area contributed by atoms with Crippen molar-refractivity contribution in [1.82, 2.24) is 0 Å². The highest BCUT2D eigenvalue weighted by atomic mass is 35.5. The van der Waals surface area contributed by atoms with Crippen molar-refractivity contribution in [1.29, 1.82) is 0 Å². The lowest BCUT2D eigenvalue weighted by atomic mass is 9.97. The smallest absolute Gasteiger partial charge is 0.242 e. The van der Waals surface area contributed by atoms with Gasteiger partial charge in [0, 0.05) is 16.3 Å². The van der Waals surface area contributed by atoms with Crippen molar-refractivity contribution < 1.29 is 4.79 Å². The van der Waals surface area contributed by atoms with Crippen molar-refractivity contribution >= 4 is 35.0 Å². The van der Waals surface area contributed by atoms with E-state index in [1.54, 1.807) is 11.8 Å². The summed E-state index contributed by atoms with van der Waals surface area (Å²) in [5.74, 6) is 0.0528. The molecular formula is C15H12ClNOS. The normalized spacial score (nSPS) is 17.2. The van der Waals surface area contributed by atoms with Gasteiger partial charge in [-0.1, -0.05) is 35.9 Å². The second-order valence-corrected chi connectivity index (χ2v) is 5.76. The quantitative estimate of drug-likeness (QED) is 0.890. The maximum atomic E-state index is 12.0. The molecule has 96 valence electrons. The molecule has 0 radical (unpaired) electrons. The maximum Gasteiger partial charge on any atom is 0.242 e. The van der Waals surface area contributed by atoms with E-state index in [0.717, 1.165) is 22.4 Å². The molecule has 0 saturated carbocycles. The number of amides is 1. The predicted molar refractivity (Wildman–Crippen MR) is 81.8 cm³/mol. The lowest BCUT2D eigenvalue weighted by Gasteiger charge is -2.12. The van der Waals surface area contributed by atoms with Gasteiger partial charge >= 0.3 is 0 Å². The number of benzene rings is 2. The van der Waals surface area contributed by atoms with Gasteiger partial charge in [-0.3, -0.25) is 4.79 Å². The highest BCUT2D eigenvalue weighted by Gasteiger charge is 2.32. The number of halogens is 1. The first-order valence-electron chi connectivity index (χ1n) is 5.93. The molecule has 3 rings (SSSR count). The third kappa shape index (κ3) is 2.13. The highest BCUT2D eigenvalue weighted by molar-refractivity contribution is 7.99. The number of carbonyl (C=O) groups is 1. The number of carbonyl (C=O) groups excluding carboxylic acids is 1. The van der Waals surface area contributed by atoms with Crippen LogP contribution in [0.25, 0.3) is 11.1 Å². The van der Waals surface area contributed by atoms with Crippen LogP contribution in [0, 0.1) is 0 Å². The molecule has 0 bridgehead atoms. The molecule has 0 fully saturated rings. The minimum absolute atomic E-state index is 0.0528. The first-order chi connectivity index (χ1) is 9.20. The zero-order valence-electron chi connectivity index (χ0n) is 10.3. The first-order valence-corrected chi connectivity index (χ1v) is 7.60. The molecule has 2 aromatic rings. The molecule has 1 aliphatic rings. The van der Waals surface area contributed by atoms with Gasteiger partial charge in [0.15, 0.2) is 0 Å². The number of rotatable bonds is 2. The largest absolute Gasteiger partial charge is 0.324 e. The van der Waals surface area contributed by atoms with E-state index in [2.05, 4.69) is 5.32 Å². The minimum atomic E-state index is -0.148. The molecule has 1 unspecified atom stereocenters. The van der Waals surface area contributed by atoms with Crippen molar-refractivity contribution in [2.75, 3.05) is 11.6 Å². The van der Waals surface area contributed by atoms with E-state index in [1.165, 1.54) is 0 Å². The summed E-state index contributed by atoms with van der Waals surface area (Å²) in [4.78, 5) is 12.0. The van der Waals surface area contributed by atoms with E-state index >= 15 is 0 Å². The van der Waals surface area contributed by atoms with Crippen molar-refractivity contribution in [3.05, 3.63) is 53.1 Å². The molecule has 0 aromatic heterocycles. The van der Waals surface area contributed by atoms with Crippen LogP contribution in [0.15, 0.2) is 42.5 Å². The van der Waals surface area contributed by atoms with Gasteiger partial charge in [-0.15, -0.1) is 11.8 Å². The van der Waals surface area contributed by atoms with Crippen LogP contribution in [0.3, 0.4) is 0 Å². The fourth-order valence-electron chi connectivity index (χ4n) is 2.42. The third-order valence-corrected chi connectivity index (χ3v) is 4.39. The van der Waals surface area contributed by atoms with Gasteiger partial charge in [0.25, 0.3) is 0 Å². The Morgan fingerprint density at radius 3 is 2.74 bits per heavy atom. The number of fused-ring (bicyclic) bond motifs is 1. The van der Waals surface area contributed by atoms with Crippen LogP contribution in [0.1, 0.15) is 10.8 Å². The van der Waals surface area contributed by atoms with Crippen LogP contribution in [0.2, 0.25) is 5.02 Å². The standard InChI is InChI=1S/C15H12ClNOS/c1-19-14-13-11(9-4-2-5-10(16)8-9)6-3-7-12(13)17-15(14)18/h2-8,14H,1H3,(H,17,18). The average molecular weight is 290 g/mol. The Labute approximate surface area is 121 Å².